The molecule has 0 aliphatic rings. The fourth-order valence-electron chi connectivity index (χ4n) is 3.98. The van der Waals surface area contributed by atoms with Crippen LogP contribution in [0.3, 0.4) is 0 Å². The molecule has 0 saturated carbocycles. The molecule has 30 heavy (non-hydrogen) atoms. The Morgan fingerprint density at radius 1 is 0.600 bits per heavy atom. The summed E-state index contributed by atoms with van der Waals surface area (Å²) >= 11 is 0. The monoisotopic (exact) mass is 472 g/mol. The van der Waals surface area contributed by atoms with Crippen LogP contribution in [0.5, 0.6) is 0 Å². The van der Waals surface area contributed by atoms with E-state index in [0.29, 0.717) is 19.3 Å². The molecule has 0 aliphatic carbocycles. The van der Waals surface area contributed by atoms with Crippen LogP contribution in [0.4, 0.5) is 0 Å². The Morgan fingerprint density at radius 3 is 1.37 bits per heavy atom. The van der Waals surface area contributed by atoms with E-state index < -0.39 is 15.4 Å². The van der Waals surface area contributed by atoms with Gasteiger partial charge in [-0.1, -0.05) is 117 Å². The Kier molecular flexibility index (Phi) is 26.6. The van der Waals surface area contributed by atoms with Crippen molar-refractivity contribution in [1.29, 1.82) is 0 Å². The zero-order valence-electron chi connectivity index (χ0n) is 20.4. The summed E-state index contributed by atoms with van der Waals surface area (Å²) in [6.45, 7) is 4.26. The molecule has 0 radical (unpaired) electrons. The minimum absolute atomic E-state index is 0. The van der Waals surface area contributed by atoms with Crippen LogP contribution in [-0.2, 0) is 10.1 Å². The fourth-order valence-corrected chi connectivity index (χ4v) is 4.89. The van der Waals surface area contributed by atoms with Gasteiger partial charge in [-0.05, 0) is 25.7 Å². The van der Waals surface area contributed by atoms with Crippen LogP contribution in [-0.4, -0.2) is 29.4 Å². The fraction of sp³-hybridized carbons (Fsp3) is 1.00. The second-order valence-electron chi connectivity index (χ2n) is 8.87. The molecule has 2 atom stereocenters. The molecule has 0 amide bonds. The van der Waals surface area contributed by atoms with Crippen molar-refractivity contribution < 1.29 is 69.5 Å². The van der Waals surface area contributed by atoms with Gasteiger partial charge < -0.3 is 9.66 Å². The second-order valence-corrected chi connectivity index (χ2v) is 10.5. The van der Waals surface area contributed by atoms with Gasteiger partial charge in [-0.2, -0.15) is 0 Å². The summed E-state index contributed by atoms with van der Waals surface area (Å²) in [5.41, 5.74) is 0. The number of hydrogen-bond donors (Lipinski definition) is 1. The molecule has 0 fully saturated rings. The maximum atomic E-state index is 11.3. The Balaban J connectivity index is 0. The maximum Gasteiger partial charge on any atom is 1.00 e. The number of aliphatic hydroxyl groups is 1. The molecule has 0 aromatic rings. The zero-order chi connectivity index (χ0) is 21.8. The maximum absolute atomic E-state index is 11.3. The molecule has 4 nitrogen and oxygen atoms in total. The van der Waals surface area contributed by atoms with Crippen molar-refractivity contribution in [3.63, 3.8) is 0 Å². The molecule has 0 bridgehead atoms. The molecular formula is C24H49KO4S. The molecule has 2 unspecified atom stereocenters. The number of hydrogen-bond acceptors (Lipinski definition) is 4. The number of unbranched alkanes of at least 4 members (excludes halogenated alkanes) is 13. The quantitative estimate of drug-likeness (QED) is 0.146. The first-order valence-electron chi connectivity index (χ1n) is 12.5. The normalized spacial score (nSPS) is 13.7. The molecule has 176 valence electrons. The van der Waals surface area contributed by atoms with Gasteiger partial charge >= 0.3 is 51.4 Å². The molecule has 1 N–H and O–H groups in total. The molecule has 0 saturated heterocycles. The van der Waals surface area contributed by atoms with Crippen LogP contribution in [0, 0.1) is 0 Å². The Morgan fingerprint density at radius 2 is 0.933 bits per heavy atom. The summed E-state index contributed by atoms with van der Waals surface area (Å²) in [6, 6.07) is 0. The molecule has 0 aliphatic heterocycles. The Labute approximate surface area is 230 Å². The minimum Gasteiger partial charge on any atom is -0.748 e. The van der Waals surface area contributed by atoms with E-state index >= 15 is 0 Å². The largest absolute Gasteiger partial charge is 1.00 e. The van der Waals surface area contributed by atoms with Crippen LogP contribution in [0.25, 0.3) is 0 Å². The molecule has 0 aromatic carbocycles. The van der Waals surface area contributed by atoms with Crippen molar-refractivity contribution in [3.8, 4) is 0 Å². The van der Waals surface area contributed by atoms with E-state index in [1.807, 2.05) is 6.92 Å². The molecule has 0 rings (SSSR count). The first-order valence-corrected chi connectivity index (χ1v) is 14.0. The van der Waals surface area contributed by atoms with Crippen LogP contribution >= 0.6 is 0 Å². The van der Waals surface area contributed by atoms with E-state index in [9.17, 15) is 18.1 Å². The topological polar surface area (TPSA) is 77.4 Å². The van der Waals surface area contributed by atoms with Gasteiger partial charge in [0, 0.05) is 5.25 Å². The first-order chi connectivity index (χ1) is 13.9. The smallest absolute Gasteiger partial charge is 0.748 e. The van der Waals surface area contributed by atoms with Crippen LogP contribution in [0.15, 0.2) is 0 Å². The predicted molar refractivity (Wildman–Crippen MR) is 123 cm³/mol. The van der Waals surface area contributed by atoms with Gasteiger partial charge in [-0.15, -0.1) is 0 Å². The van der Waals surface area contributed by atoms with Crippen molar-refractivity contribution in [2.45, 2.75) is 154 Å². The van der Waals surface area contributed by atoms with Gasteiger partial charge in [-0.3, -0.25) is 0 Å². The third-order valence-corrected chi connectivity index (χ3v) is 7.28. The summed E-state index contributed by atoms with van der Waals surface area (Å²) in [4.78, 5) is 0. The minimum atomic E-state index is -4.19. The van der Waals surface area contributed by atoms with Gasteiger partial charge in [0.15, 0.2) is 0 Å². The average Bonchev–Trinajstić information content (AvgIpc) is 2.67. The third kappa shape index (κ3) is 22.7. The van der Waals surface area contributed by atoms with Gasteiger partial charge in [0.05, 0.1) is 16.2 Å². The predicted octanol–water partition coefficient (Wildman–Crippen LogP) is 4.11. The molecule has 0 spiro atoms. The van der Waals surface area contributed by atoms with Gasteiger partial charge in [0.25, 0.3) is 0 Å². The summed E-state index contributed by atoms with van der Waals surface area (Å²) in [7, 11) is -4.19. The Hall–Kier alpha value is 1.51. The van der Waals surface area contributed by atoms with Gasteiger partial charge in [0.1, 0.15) is 0 Å². The molecule has 0 heterocycles. The summed E-state index contributed by atoms with van der Waals surface area (Å²) in [5.74, 6) is 0. The van der Waals surface area contributed by atoms with Crippen LogP contribution in [0.1, 0.15) is 142 Å². The molecule has 6 heteroatoms. The van der Waals surface area contributed by atoms with Crippen LogP contribution in [0.2, 0.25) is 0 Å². The third-order valence-electron chi connectivity index (χ3n) is 5.99. The second kappa shape index (κ2) is 23.7. The SMILES string of the molecule is CCCCCCCCCCCCCCC(O)CCCCC(CCCC)S(=O)(=O)[O-].[K+]. The van der Waals surface area contributed by atoms with Crippen molar-refractivity contribution in [2.75, 3.05) is 0 Å². The van der Waals surface area contributed by atoms with E-state index in [0.717, 1.165) is 38.5 Å². The van der Waals surface area contributed by atoms with Crippen molar-refractivity contribution in [3.05, 3.63) is 0 Å². The average molecular weight is 473 g/mol. The summed E-state index contributed by atoms with van der Waals surface area (Å²) in [5, 5.41) is 9.36. The van der Waals surface area contributed by atoms with Crippen molar-refractivity contribution >= 4 is 10.1 Å². The van der Waals surface area contributed by atoms with Crippen molar-refractivity contribution in [2.24, 2.45) is 0 Å². The standard InChI is InChI=1S/C24H50O4S.K/c1-3-5-7-8-9-10-11-12-13-14-15-16-19-23(25)20-17-18-22-24(21-6-4-2)29(26,27)28;/h23-25H,3-22H2,1-2H3,(H,26,27,28);/q;+1/p-1. The number of aliphatic hydroxyl groups excluding tert-OH is 1. The van der Waals surface area contributed by atoms with Gasteiger partial charge in [-0.25, -0.2) is 8.42 Å². The molecule has 0 aromatic heterocycles. The summed E-state index contributed by atoms with van der Waals surface area (Å²) in [6.07, 6.45) is 21.3. The van der Waals surface area contributed by atoms with E-state index in [2.05, 4.69) is 6.92 Å². The van der Waals surface area contributed by atoms with Gasteiger partial charge in [0.2, 0.25) is 0 Å². The van der Waals surface area contributed by atoms with E-state index in [1.165, 1.54) is 70.6 Å². The Bertz CT molecular complexity index is 442. The van der Waals surface area contributed by atoms with E-state index in [1.54, 1.807) is 0 Å². The first kappa shape index (κ1) is 33.7. The van der Waals surface area contributed by atoms with E-state index in [4.69, 9.17) is 0 Å². The molecular weight excluding hydrogens is 423 g/mol. The van der Waals surface area contributed by atoms with E-state index in [-0.39, 0.29) is 57.5 Å². The van der Waals surface area contributed by atoms with Crippen molar-refractivity contribution in [1.82, 2.24) is 0 Å². The number of rotatable bonds is 22. The summed E-state index contributed by atoms with van der Waals surface area (Å²) < 4.78 is 33.9. The zero-order valence-corrected chi connectivity index (χ0v) is 24.3. The van der Waals surface area contributed by atoms with Crippen LogP contribution < -0.4 is 51.4 Å².